The third-order valence-electron chi connectivity index (χ3n) is 6.40. The van der Waals surface area contributed by atoms with Crippen LogP contribution in [0.2, 0.25) is 0 Å². The zero-order valence-corrected chi connectivity index (χ0v) is 23.0. The predicted molar refractivity (Wildman–Crippen MR) is 158 cm³/mol. The highest BCUT2D eigenvalue weighted by Gasteiger charge is 2.15. The second-order valence-electron chi connectivity index (χ2n) is 9.60. The van der Waals surface area contributed by atoms with E-state index in [-0.39, 0.29) is 11.9 Å². The summed E-state index contributed by atoms with van der Waals surface area (Å²) < 4.78 is 0. The molecule has 38 heavy (non-hydrogen) atoms. The first-order valence-corrected chi connectivity index (χ1v) is 13.3. The average molecular weight is 516 g/mol. The molecule has 2 aromatic rings. The van der Waals surface area contributed by atoms with E-state index in [1.54, 1.807) is 6.20 Å². The molecular weight excluding hydrogens is 474 g/mol. The highest BCUT2D eigenvalue weighted by atomic mass is 16.2. The van der Waals surface area contributed by atoms with E-state index >= 15 is 0 Å². The fourth-order valence-electron chi connectivity index (χ4n) is 4.26. The number of rotatable bonds is 13. The van der Waals surface area contributed by atoms with Crippen LogP contribution in [0.25, 0.3) is 0 Å². The Morgan fingerprint density at radius 3 is 2.63 bits per heavy atom. The Hall–Kier alpha value is -3.78. The first kappa shape index (κ1) is 28.8. The number of nitrogens with zero attached hydrogens (tertiary/aromatic N) is 5. The van der Waals surface area contributed by atoms with Crippen LogP contribution >= 0.6 is 0 Å². The standard InChI is InChI=1S/C30H41N7O/c1-5-37(29(38)20-25-13-7-6-8-14-25)19-18-32-21-24(3)34-27-16-11-17-33-30(27)36(4)22-28(31)35-26-15-10-9-12-23(26)2/h6-17,23,26,32H,5,18-22H2,1-4H3,(H2,31,35). The van der Waals surface area contributed by atoms with Crippen molar-refractivity contribution in [3.63, 3.8) is 0 Å². The number of aliphatic imine (C=N–C) groups is 2. The van der Waals surface area contributed by atoms with Crippen molar-refractivity contribution in [2.75, 3.05) is 44.7 Å². The molecule has 0 aliphatic heterocycles. The van der Waals surface area contributed by atoms with Gasteiger partial charge in [-0.05, 0) is 31.5 Å². The topological polar surface area (TPSA) is 99.2 Å². The summed E-state index contributed by atoms with van der Waals surface area (Å²) in [5.41, 5.74) is 9.04. The van der Waals surface area contributed by atoms with Crippen LogP contribution in [0.15, 0.2) is 83.0 Å². The van der Waals surface area contributed by atoms with Gasteiger partial charge in [0.15, 0.2) is 5.82 Å². The van der Waals surface area contributed by atoms with Gasteiger partial charge in [-0.2, -0.15) is 0 Å². The lowest BCUT2D eigenvalue weighted by Crippen LogP contribution is -2.38. The molecule has 2 unspecified atom stereocenters. The van der Waals surface area contributed by atoms with Crippen molar-refractivity contribution in [2.45, 2.75) is 33.2 Å². The van der Waals surface area contributed by atoms with Gasteiger partial charge in [0.1, 0.15) is 11.5 Å². The summed E-state index contributed by atoms with van der Waals surface area (Å²) in [6.45, 7) is 9.24. The molecule has 8 nitrogen and oxygen atoms in total. The lowest BCUT2D eigenvalue weighted by atomic mass is 9.98. The van der Waals surface area contributed by atoms with E-state index in [0.29, 0.717) is 50.9 Å². The molecule has 0 bridgehead atoms. The first-order chi connectivity index (χ1) is 18.4. The quantitative estimate of drug-likeness (QED) is 0.240. The van der Waals surface area contributed by atoms with Crippen molar-refractivity contribution in [3.8, 4) is 0 Å². The number of hydrogen-bond donors (Lipinski definition) is 2. The Labute approximate surface area is 227 Å². The number of benzene rings is 1. The Morgan fingerprint density at radius 1 is 1.13 bits per heavy atom. The van der Waals surface area contributed by atoms with Gasteiger partial charge in [0.25, 0.3) is 0 Å². The molecule has 0 saturated heterocycles. The number of amides is 1. The zero-order chi connectivity index (χ0) is 27.3. The van der Waals surface area contributed by atoms with Crippen molar-refractivity contribution >= 4 is 29.0 Å². The number of pyridine rings is 1. The highest BCUT2D eigenvalue weighted by Crippen LogP contribution is 2.25. The van der Waals surface area contributed by atoms with E-state index in [2.05, 4.69) is 29.4 Å². The first-order valence-electron chi connectivity index (χ1n) is 13.3. The van der Waals surface area contributed by atoms with E-state index in [0.717, 1.165) is 22.8 Å². The Morgan fingerprint density at radius 2 is 1.89 bits per heavy atom. The summed E-state index contributed by atoms with van der Waals surface area (Å²) in [5, 5.41) is 3.41. The van der Waals surface area contributed by atoms with Crippen LogP contribution in [-0.4, -0.2) is 73.2 Å². The van der Waals surface area contributed by atoms with Gasteiger partial charge in [-0.25, -0.2) is 4.98 Å². The molecule has 2 atom stereocenters. The minimum atomic E-state index is 0.0557. The van der Waals surface area contributed by atoms with E-state index in [4.69, 9.17) is 15.7 Å². The number of amidine groups is 1. The van der Waals surface area contributed by atoms with Gasteiger partial charge in [-0.1, -0.05) is 61.6 Å². The summed E-state index contributed by atoms with van der Waals surface area (Å²) in [6.07, 6.45) is 10.4. The van der Waals surface area contributed by atoms with Crippen molar-refractivity contribution in [2.24, 2.45) is 21.6 Å². The van der Waals surface area contributed by atoms with Crippen LogP contribution in [0.3, 0.4) is 0 Å². The van der Waals surface area contributed by atoms with Crippen LogP contribution in [0.5, 0.6) is 0 Å². The van der Waals surface area contributed by atoms with Crippen molar-refractivity contribution in [3.05, 3.63) is 78.5 Å². The number of carbonyl (C=O) groups excluding carboxylic acids is 1. The van der Waals surface area contributed by atoms with Crippen LogP contribution in [0.1, 0.15) is 26.3 Å². The average Bonchev–Trinajstić information content (AvgIpc) is 2.90. The molecule has 0 spiro atoms. The van der Waals surface area contributed by atoms with Gasteiger partial charge in [0.2, 0.25) is 5.91 Å². The molecule has 0 saturated carbocycles. The molecule has 1 aromatic heterocycles. The number of allylic oxidation sites excluding steroid dienone is 2. The SMILES string of the molecule is CCN(CCNCC(C)=Nc1cccnc1N(C)CC(N)=NC1C=CC=CC1C)C(=O)Cc1ccccc1. The van der Waals surface area contributed by atoms with Crippen molar-refractivity contribution in [1.82, 2.24) is 15.2 Å². The fourth-order valence-corrected chi connectivity index (χ4v) is 4.26. The van der Waals surface area contributed by atoms with Crippen LogP contribution < -0.4 is 16.0 Å². The normalized spacial score (nSPS) is 17.5. The van der Waals surface area contributed by atoms with E-state index in [1.807, 2.05) is 85.3 Å². The summed E-state index contributed by atoms with van der Waals surface area (Å²) in [5.74, 6) is 1.77. The summed E-state index contributed by atoms with van der Waals surface area (Å²) >= 11 is 0. The van der Waals surface area contributed by atoms with Crippen LogP contribution in [0.4, 0.5) is 11.5 Å². The Kier molecular flexibility index (Phi) is 11.2. The fraction of sp³-hybridized carbons (Fsp3) is 0.400. The lowest BCUT2D eigenvalue weighted by molar-refractivity contribution is -0.130. The van der Waals surface area contributed by atoms with Gasteiger partial charge < -0.3 is 20.9 Å². The van der Waals surface area contributed by atoms with E-state index in [9.17, 15) is 4.79 Å². The van der Waals surface area contributed by atoms with E-state index < -0.39 is 0 Å². The lowest BCUT2D eigenvalue weighted by Gasteiger charge is -2.22. The van der Waals surface area contributed by atoms with Gasteiger partial charge in [0.05, 0.1) is 19.0 Å². The highest BCUT2D eigenvalue weighted by molar-refractivity contribution is 5.89. The van der Waals surface area contributed by atoms with Crippen LogP contribution in [-0.2, 0) is 11.2 Å². The molecule has 3 N–H and O–H groups in total. The van der Waals surface area contributed by atoms with Gasteiger partial charge in [0, 0.05) is 51.1 Å². The third-order valence-corrected chi connectivity index (χ3v) is 6.40. The van der Waals surface area contributed by atoms with Gasteiger partial charge >= 0.3 is 0 Å². The molecular formula is C30H41N7O. The number of aromatic nitrogens is 1. The maximum atomic E-state index is 12.7. The predicted octanol–water partition coefficient (Wildman–Crippen LogP) is 3.78. The summed E-state index contributed by atoms with van der Waals surface area (Å²) in [7, 11) is 1.95. The second kappa shape index (κ2) is 14.8. The number of carbonyl (C=O) groups is 1. The summed E-state index contributed by atoms with van der Waals surface area (Å²) in [4.78, 5) is 30.6. The molecule has 3 rings (SSSR count). The maximum Gasteiger partial charge on any atom is 0.227 e. The van der Waals surface area contributed by atoms with Crippen molar-refractivity contribution < 1.29 is 4.79 Å². The van der Waals surface area contributed by atoms with Gasteiger partial charge in [-0.3, -0.25) is 14.8 Å². The monoisotopic (exact) mass is 515 g/mol. The largest absolute Gasteiger partial charge is 0.386 e. The van der Waals surface area contributed by atoms with Gasteiger partial charge in [-0.15, -0.1) is 0 Å². The molecule has 1 aromatic carbocycles. The molecule has 202 valence electrons. The number of nitrogens with one attached hydrogen (secondary N) is 1. The molecule has 8 heteroatoms. The smallest absolute Gasteiger partial charge is 0.227 e. The molecule has 0 radical (unpaired) electrons. The minimum absolute atomic E-state index is 0.0557. The van der Waals surface area contributed by atoms with Crippen molar-refractivity contribution in [1.29, 1.82) is 0 Å². The Balaban J connectivity index is 1.52. The molecule has 1 aliphatic carbocycles. The number of likely N-dealkylation sites (N-methyl/N-ethyl adjacent to an activating group) is 2. The maximum absolute atomic E-state index is 12.7. The minimum Gasteiger partial charge on any atom is -0.386 e. The Bertz CT molecular complexity index is 1160. The second-order valence-corrected chi connectivity index (χ2v) is 9.60. The van der Waals surface area contributed by atoms with E-state index in [1.165, 1.54) is 0 Å². The third kappa shape index (κ3) is 8.95. The number of anilines is 1. The van der Waals surface area contributed by atoms with Crippen LogP contribution in [0, 0.1) is 5.92 Å². The zero-order valence-electron chi connectivity index (χ0n) is 23.0. The number of hydrogen-bond acceptors (Lipinski definition) is 6. The molecule has 0 fully saturated rings. The molecule has 1 heterocycles. The molecule has 1 aliphatic rings. The number of nitrogens with two attached hydrogens (primary N) is 1. The molecule has 1 amide bonds. The summed E-state index contributed by atoms with van der Waals surface area (Å²) in [6, 6.07) is 13.8.